The van der Waals surface area contributed by atoms with Crippen molar-refractivity contribution < 1.29 is 4.79 Å². The number of hydrogen-bond acceptors (Lipinski definition) is 5. The third-order valence-corrected chi connectivity index (χ3v) is 4.95. The highest BCUT2D eigenvalue weighted by atomic mass is 79.9. The Morgan fingerprint density at radius 1 is 1.19 bits per heavy atom. The van der Waals surface area contributed by atoms with E-state index in [2.05, 4.69) is 42.1 Å². The highest BCUT2D eigenvalue weighted by molar-refractivity contribution is 9.10. The number of rotatable bonds is 3. The molecule has 2 N–H and O–H groups in total. The lowest BCUT2D eigenvalue weighted by Crippen LogP contribution is -2.31. The number of aryl methyl sites for hydroxylation is 1. The van der Waals surface area contributed by atoms with Gasteiger partial charge in [-0.2, -0.15) is 4.68 Å². The summed E-state index contributed by atoms with van der Waals surface area (Å²) in [4.78, 5) is 13.2. The van der Waals surface area contributed by atoms with E-state index >= 15 is 0 Å². The van der Waals surface area contributed by atoms with E-state index in [0.29, 0.717) is 11.5 Å². The molecule has 0 radical (unpaired) electrons. The molecule has 0 saturated heterocycles. The van der Waals surface area contributed by atoms with Crippen LogP contribution in [0.1, 0.15) is 24.1 Å². The standard InChI is InChI=1S/C19H17BrN6O/c1-11-4-3-5-15(10-11)22-18(27)16-12(2)21-19-23-24-25-26(19)17(16)13-6-8-14(20)9-7-13/h3-10,17H,1-2H3,(H,22,27)(H,21,23,25). The number of tetrazole rings is 1. The molecule has 1 atom stereocenters. The molecule has 1 amide bonds. The molecule has 2 aromatic carbocycles. The number of carbonyl (C=O) groups excluding carboxylic acids is 1. The van der Waals surface area contributed by atoms with Crippen LogP contribution in [0.2, 0.25) is 0 Å². The van der Waals surface area contributed by atoms with E-state index in [4.69, 9.17) is 0 Å². The lowest BCUT2D eigenvalue weighted by Gasteiger charge is -2.28. The van der Waals surface area contributed by atoms with Gasteiger partial charge in [-0.3, -0.25) is 4.79 Å². The van der Waals surface area contributed by atoms with Crippen LogP contribution < -0.4 is 10.6 Å². The van der Waals surface area contributed by atoms with Crippen molar-refractivity contribution in [3.05, 3.63) is 75.4 Å². The second-order valence-corrected chi connectivity index (χ2v) is 7.30. The number of carbonyl (C=O) groups is 1. The van der Waals surface area contributed by atoms with Crippen LogP contribution in [0.4, 0.5) is 11.6 Å². The Morgan fingerprint density at radius 2 is 1.96 bits per heavy atom. The molecule has 4 rings (SSSR count). The summed E-state index contributed by atoms with van der Waals surface area (Å²) in [6.45, 7) is 3.84. The predicted molar refractivity (Wildman–Crippen MR) is 106 cm³/mol. The van der Waals surface area contributed by atoms with Gasteiger partial charge in [0.25, 0.3) is 5.91 Å². The molecular formula is C19H17BrN6O. The molecule has 3 aromatic rings. The maximum absolute atomic E-state index is 13.2. The molecule has 1 aromatic heterocycles. The van der Waals surface area contributed by atoms with Crippen molar-refractivity contribution in [1.82, 2.24) is 20.2 Å². The van der Waals surface area contributed by atoms with Gasteiger partial charge in [-0.15, -0.1) is 0 Å². The van der Waals surface area contributed by atoms with Crippen LogP contribution in [0.15, 0.2) is 64.3 Å². The number of fused-ring (bicyclic) bond motifs is 1. The summed E-state index contributed by atoms with van der Waals surface area (Å²) < 4.78 is 2.59. The van der Waals surface area contributed by atoms with Crippen LogP contribution >= 0.6 is 15.9 Å². The topological polar surface area (TPSA) is 84.7 Å². The van der Waals surface area contributed by atoms with Gasteiger partial charge in [0, 0.05) is 15.9 Å². The van der Waals surface area contributed by atoms with Gasteiger partial charge in [-0.1, -0.05) is 45.3 Å². The summed E-state index contributed by atoms with van der Waals surface area (Å²) in [7, 11) is 0. The average Bonchev–Trinajstić information content (AvgIpc) is 3.09. The normalized spacial score (nSPS) is 15.9. The van der Waals surface area contributed by atoms with Gasteiger partial charge >= 0.3 is 0 Å². The first-order chi connectivity index (χ1) is 13.0. The molecule has 0 fully saturated rings. The zero-order valence-corrected chi connectivity index (χ0v) is 16.4. The molecule has 7 nitrogen and oxygen atoms in total. The van der Waals surface area contributed by atoms with E-state index in [9.17, 15) is 4.79 Å². The van der Waals surface area contributed by atoms with Crippen LogP contribution in [0.25, 0.3) is 0 Å². The van der Waals surface area contributed by atoms with Gasteiger partial charge in [0.05, 0.1) is 5.57 Å². The predicted octanol–water partition coefficient (Wildman–Crippen LogP) is 3.67. The summed E-state index contributed by atoms with van der Waals surface area (Å²) in [5.41, 5.74) is 4.03. The number of nitrogens with one attached hydrogen (secondary N) is 2. The fraction of sp³-hybridized carbons (Fsp3) is 0.158. The molecule has 2 heterocycles. The van der Waals surface area contributed by atoms with E-state index in [0.717, 1.165) is 27.0 Å². The maximum Gasteiger partial charge on any atom is 0.255 e. The van der Waals surface area contributed by atoms with Crippen molar-refractivity contribution in [2.45, 2.75) is 19.9 Å². The van der Waals surface area contributed by atoms with Gasteiger partial charge in [0.2, 0.25) is 5.95 Å². The molecule has 0 aliphatic carbocycles. The summed E-state index contributed by atoms with van der Waals surface area (Å²) in [5, 5.41) is 18.0. The van der Waals surface area contributed by atoms with Gasteiger partial charge in [-0.05, 0) is 59.7 Å². The zero-order valence-electron chi connectivity index (χ0n) is 14.8. The molecule has 1 unspecified atom stereocenters. The first-order valence-electron chi connectivity index (χ1n) is 8.42. The minimum atomic E-state index is -0.422. The van der Waals surface area contributed by atoms with Gasteiger partial charge in [-0.25, -0.2) is 0 Å². The third-order valence-electron chi connectivity index (χ3n) is 4.42. The summed E-state index contributed by atoms with van der Waals surface area (Å²) in [5.74, 6) is 0.312. The Morgan fingerprint density at radius 3 is 2.70 bits per heavy atom. The van der Waals surface area contributed by atoms with E-state index in [1.54, 1.807) is 4.68 Å². The number of anilines is 2. The molecular weight excluding hydrogens is 408 g/mol. The number of halogens is 1. The fourth-order valence-corrected chi connectivity index (χ4v) is 3.45. The summed E-state index contributed by atoms with van der Waals surface area (Å²) in [6.07, 6.45) is 0. The van der Waals surface area contributed by atoms with Crippen LogP contribution in [0.3, 0.4) is 0 Å². The molecule has 1 aliphatic rings. The lowest BCUT2D eigenvalue weighted by atomic mass is 9.95. The minimum absolute atomic E-state index is 0.195. The molecule has 1 aliphatic heterocycles. The highest BCUT2D eigenvalue weighted by Crippen LogP contribution is 2.35. The van der Waals surface area contributed by atoms with E-state index in [1.807, 2.05) is 62.4 Å². The molecule has 27 heavy (non-hydrogen) atoms. The molecule has 0 saturated carbocycles. The Hall–Kier alpha value is -3.00. The Balaban J connectivity index is 1.76. The monoisotopic (exact) mass is 424 g/mol. The Labute approximate surface area is 164 Å². The number of amides is 1. The molecule has 0 spiro atoms. The van der Waals surface area contributed by atoms with Gasteiger partial charge in [0.1, 0.15) is 6.04 Å². The van der Waals surface area contributed by atoms with Crippen molar-refractivity contribution in [2.75, 3.05) is 10.6 Å². The number of nitrogens with zero attached hydrogens (tertiary/aromatic N) is 4. The molecule has 136 valence electrons. The van der Waals surface area contributed by atoms with Crippen LogP contribution in [0, 0.1) is 6.92 Å². The van der Waals surface area contributed by atoms with Gasteiger partial charge in [0.15, 0.2) is 0 Å². The van der Waals surface area contributed by atoms with Gasteiger partial charge < -0.3 is 10.6 Å². The number of allylic oxidation sites excluding steroid dienone is 1. The fourth-order valence-electron chi connectivity index (χ4n) is 3.18. The SMILES string of the molecule is CC1=C(C(=O)Nc2cccc(C)c2)C(c2ccc(Br)cc2)n2nnnc2N1. The quantitative estimate of drug-likeness (QED) is 0.669. The second kappa shape index (κ2) is 6.96. The molecule has 0 bridgehead atoms. The maximum atomic E-state index is 13.2. The van der Waals surface area contributed by atoms with Crippen molar-refractivity contribution in [1.29, 1.82) is 0 Å². The number of aromatic nitrogens is 4. The lowest BCUT2D eigenvalue weighted by molar-refractivity contribution is -0.113. The Kier molecular flexibility index (Phi) is 4.49. The smallest absolute Gasteiger partial charge is 0.255 e. The number of hydrogen-bond donors (Lipinski definition) is 2. The molecule has 8 heteroatoms. The van der Waals surface area contributed by atoms with Crippen molar-refractivity contribution >= 4 is 33.5 Å². The van der Waals surface area contributed by atoms with E-state index in [1.165, 1.54) is 0 Å². The highest BCUT2D eigenvalue weighted by Gasteiger charge is 2.34. The first kappa shape index (κ1) is 17.4. The zero-order chi connectivity index (χ0) is 19.0. The number of benzene rings is 2. The van der Waals surface area contributed by atoms with Crippen molar-refractivity contribution in [3.8, 4) is 0 Å². The minimum Gasteiger partial charge on any atom is -0.326 e. The third kappa shape index (κ3) is 3.35. The first-order valence-corrected chi connectivity index (χ1v) is 9.21. The average molecular weight is 425 g/mol. The van der Waals surface area contributed by atoms with Crippen molar-refractivity contribution in [3.63, 3.8) is 0 Å². The van der Waals surface area contributed by atoms with Crippen LogP contribution in [-0.2, 0) is 4.79 Å². The van der Waals surface area contributed by atoms with Crippen LogP contribution in [-0.4, -0.2) is 26.1 Å². The van der Waals surface area contributed by atoms with E-state index < -0.39 is 6.04 Å². The summed E-state index contributed by atoms with van der Waals surface area (Å²) in [6, 6.07) is 15.1. The second-order valence-electron chi connectivity index (χ2n) is 6.39. The van der Waals surface area contributed by atoms with Crippen LogP contribution in [0.5, 0.6) is 0 Å². The van der Waals surface area contributed by atoms with Crippen molar-refractivity contribution in [2.24, 2.45) is 0 Å². The van der Waals surface area contributed by atoms with E-state index in [-0.39, 0.29) is 5.91 Å². The summed E-state index contributed by atoms with van der Waals surface area (Å²) >= 11 is 3.45. The largest absolute Gasteiger partial charge is 0.326 e. The Bertz CT molecular complexity index is 1040.